The number of nitrogens with two attached hydrogens (primary N) is 1. The molecule has 1 heterocycles. The number of carbonyl (C=O) groups is 1. The summed E-state index contributed by atoms with van der Waals surface area (Å²) in [6, 6.07) is 1.62. The fraction of sp³-hybridized carbons (Fsp3) is 0.688. The molecule has 2 rings (SSSR count). The van der Waals surface area contributed by atoms with Crippen LogP contribution in [0.1, 0.15) is 49.8 Å². The van der Waals surface area contributed by atoms with Crippen molar-refractivity contribution in [3.63, 3.8) is 0 Å². The van der Waals surface area contributed by atoms with E-state index in [1.54, 1.807) is 11.8 Å². The van der Waals surface area contributed by atoms with Gasteiger partial charge in [0.25, 0.3) is 0 Å². The number of nitrogens with one attached hydrogen (secondary N) is 1. The van der Waals surface area contributed by atoms with Crippen molar-refractivity contribution in [2.24, 2.45) is 11.1 Å². The molecule has 118 valence electrons. The van der Waals surface area contributed by atoms with Gasteiger partial charge in [0.15, 0.2) is 0 Å². The number of thioether (sulfide) groups is 1. The predicted octanol–water partition coefficient (Wildman–Crippen LogP) is 2.80. The van der Waals surface area contributed by atoms with E-state index in [1.807, 2.05) is 19.2 Å². The minimum Gasteiger partial charge on any atom is -0.466 e. The van der Waals surface area contributed by atoms with Gasteiger partial charge in [-0.15, -0.1) is 0 Å². The van der Waals surface area contributed by atoms with Gasteiger partial charge < -0.3 is 15.5 Å². The molecule has 21 heavy (non-hydrogen) atoms. The Bertz CT molecular complexity index is 510. The van der Waals surface area contributed by atoms with E-state index < -0.39 is 6.04 Å². The molecule has 0 saturated heterocycles. The number of carbonyl (C=O) groups excluding carboxylic acids is 1. The predicted molar refractivity (Wildman–Crippen MR) is 87.4 cm³/mol. The highest BCUT2D eigenvalue weighted by Gasteiger charge is 2.36. The standard InChI is InChI=1S/C16H26N2O2S/c1-10-7-11-13(8-16(2,3)9-14(11)20-10)18-15(19)12(17)5-6-21-4/h7,12-13H,5-6,8-9,17H2,1-4H3,(H,18,19)/t12-,13?/m1/s1. The van der Waals surface area contributed by atoms with Gasteiger partial charge in [-0.05, 0) is 43.3 Å². The van der Waals surface area contributed by atoms with Gasteiger partial charge in [-0.2, -0.15) is 11.8 Å². The maximum Gasteiger partial charge on any atom is 0.237 e. The van der Waals surface area contributed by atoms with E-state index >= 15 is 0 Å². The van der Waals surface area contributed by atoms with Crippen molar-refractivity contribution in [2.75, 3.05) is 12.0 Å². The molecular weight excluding hydrogens is 284 g/mol. The van der Waals surface area contributed by atoms with Crippen molar-refractivity contribution in [3.05, 3.63) is 23.2 Å². The molecule has 2 atom stereocenters. The molecule has 0 radical (unpaired) electrons. The van der Waals surface area contributed by atoms with E-state index in [0.29, 0.717) is 6.42 Å². The average molecular weight is 310 g/mol. The molecule has 5 heteroatoms. The lowest BCUT2D eigenvalue weighted by molar-refractivity contribution is -0.123. The molecule has 0 aliphatic heterocycles. The molecule has 0 saturated carbocycles. The summed E-state index contributed by atoms with van der Waals surface area (Å²) < 4.78 is 5.79. The van der Waals surface area contributed by atoms with E-state index in [1.165, 1.54) is 0 Å². The highest BCUT2D eigenvalue weighted by molar-refractivity contribution is 7.98. The Morgan fingerprint density at radius 3 is 3.00 bits per heavy atom. The summed E-state index contributed by atoms with van der Waals surface area (Å²) in [5.41, 5.74) is 7.21. The summed E-state index contributed by atoms with van der Waals surface area (Å²) in [7, 11) is 0. The summed E-state index contributed by atoms with van der Waals surface area (Å²) in [6.07, 6.45) is 4.57. The summed E-state index contributed by atoms with van der Waals surface area (Å²) in [6.45, 7) is 6.37. The van der Waals surface area contributed by atoms with E-state index in [9.17, 15) is 4.79 Å². The molecule has 0 aromatic carbocycles. The molecule has 0 bridgehead atoms. The Morgan fingerprint density at radius 1 is 1.62 bits per heavy atom. The monoisotopic (exact) mass is 310 g/mol. The number of fused-ring (bicyclic) bond motifs is 1. The van der Waals surface area contributed by atoms with Crippen LogP contribution in [0, 0.1) is 12.3 Å². The van der Waals surface area contributed by atoms with Crippen LogP contribution in [0.5, 0.6) is 0 Å². The molecule has 0 spiro atoms. The third-order valence-electron chi connectivity index (χ3n) is 4.02. The number of hydrogen-bond acceptors (Lipinski definition) is 4. The zero-order valence-corrected chi connectivity index (χ0v) is 14.2. The van der Waals surface area contributed by atoms with Gasteiger partial charge in [-0.1, -0.05) is 13.8 Å². The van der Waals surface area contributed by atoms with Crippen molar-refractivity contribution in [1.82, 2.24) is 5.32 Å². The van der Waals surface area contributed by atoms with Gasteiger partial charge in [-0.25, -0.2) is 0 Å². The fourth-order valence-corrected chi connectivity index (χ4v) is 3.46. The lowest BCUT2D eigenvalue weighted by Crippen LogP contribution is -2.44. The van der Waals surface area contributed by atoms with E-state index in [0.717, 1.165) is 35.7 Å². The third kappa shape index (κ3) is 4.04. The molecule has 3 N–H and O–H groups in total. The quantitative estimate of drug-likeness (QED) is 0.877. The van der Waals surface area contributed by atoms with Crippen LogP contribution in [0.15, 0.2) is 10.5 Å². The van der Waals surface area contributed by atoms with E-state index in [-0.39, 0.29) is 17.4 Å². The number of amides is 1. The zero-order chi connectivity index (χ0) is 15.6. The van der Waals surface area contributed by atoms with E-state index in [2.05, 4.69) is 19.2 Å². The molecule has 1 aliphatic carbocycles. The first-order valence-electron chi connectivity index (χ1n) is 7.46. The summed E-state index contributed by atoms with van der Waals surface area (Å²) in [4.78, 5) is 12.3. The average Bonchev–Trinajstić information content (AvgIpc) is 2.74. The maximum absolute atomic E-state index is 12.3. The number of rotatable bonds is 5. The largest absolute Gasteiger partial charge is 0.466 e. The molecule has 1 amide bonds. The van der Waals surface area contributed by atoms with Crippen molar-refractivity contribution in [3.8, 4) is 0 Å². The third-order valence-corrected chi connectivity index (χ3v) is 4.67. The minimum absolute atomic E-state index is 0.00836. The molecule has 4 nitrogen and oxygen atoms in total. The van der Waals surface area contributed by atoms with Gasteiger partial charge in [0.2, 0.25) is 5.91 Å². The van der Waals surface area contributed by atoms with Crippen molar-refractivity contribution in [1.29, 1.82) is 0 Å². The smallest absolute Gasteiger partial charge is 0.237 e. The topological polar surface area (TPSA) is 68.3 Å². The highest BCUT2D eigenvalue weighted by Crippen LogP contribution is 2.42. The minimum atomic E-state index is -0.432. The van der Waals surface area contributed by atoms with Crippen molar-refractivity contribution >= 4 is 17.7 Å². The Kier molecular flexibility index (Phi) is 5.04. The first kappa shape index (κ1) is 16.4. The second-order valence-corrected chi connectivity index (χ2v) is 7.72. The molecule has 1 aromatic heterocycles. The van der Waals surface area contributed by atoms with Crippen molar-refractivity contribution in [2.45, 2.75) is 52.1 Å². The lowest BCUT2D eigenvalue weighted by Gasteiger charge is -2.35. The van der Waals surface area contributed by atoms with Gasteiger partial charge in [0.1, 0.15) is 11.5 Å². The second kappa shape index (κ2) is 6.44. The highest BCUT2D eigenvalue weighted by atomic mass is 32.2. The molecule has 1 aromatic rings. The second-order valence-electron chi connectivity index (χ2n) is 6.73. The summed E-state index contributed by atoms with van der Waals surface area (Å²) in [5.74, 6) is 2.76. The van der Waals surface area contributed by atoms with Crippen LogP contribution >= 0.6 is 11.8 Å². The first-order chi connectivity index (χ1) is 9.82. The van der Waals surface area contributed by atoms with Crippen LogP contribution in [0.4, 0.5) is 0 Å². The zero-order valence-electron chi connectivity index (χ0n) is 13.4. The Labute approximate surface area is 131 Å². The Morgan fingerprint density at radius 2 is 2.33 bits per heavy atom. The lowest BCUT2D eigenvalue weighted by atomic mass is 9.74. The van der Waals surface area contributed by atoms with Crippen LogP contribution in [0.25, 0.3) is 0 Å². The van der Waals surface area contributed by atoms with Gasteiger partial charge in [-0.3, -0.25) is 4.79 Å². The summed E-state index contributed by atoms with van der Waals surface area (Å²) >= 11 is 1.71. The normalized spacial score (nSPS) is 21.7. The molecule has 1 unspecified atom stereocenters. The van der Waals surface area contributed by atoms with Crippen LogP contribution in [0.2, 0.25) is 0 Å². The first-order valence-corrected chi connectivity index (χ1v) is 8.86. The van der Waals surface area contributed by atoms with Gasteiger partial charge in [0, 0.05) is 12.0 Å². The van der Waals surface area contributed by atoms with Gasteiger partial charge in [0.05, 0.1) is 12.1 Å². The van der Waals surface area contributed by atoms with Gasteiger partial charge >= 0.3 is 0 Å². The molecular formula is C16H26N2O2S. The fourth-order valence-electron chi connectivity index (χ4n) is 2.97. The van der Waals surface area contributed by atoms with E-state index in [4.69, 9.17) is 10.2 Å². The van der Waals surface area contributed by atoms with Crippen LogP contribution < -0.4 is 11.1 Å². The number of aryl methyl sites for hydroxylation is 1. The van der Waals surface area contributed by atoms with Crippen LogP contribution in [0.3, 0.4) is 0 Å². The SMILES string of the molecule is CSCC[C@@H](N)C(=O)NC1CC(C)(C)Cc2oc(C)cc21. The van der Waals surface area contributed by atoms with Crippen LogP contribution in [-0.4, -0.2) is 24.0 Å². The molecule has 0 fully saturated rings. The maximum atomic E-state index is 12.3. The molecule has 1 aliphatic rings. The number of furan rings is 1. The number of hydrogen-bond donors (Lipinski definition) is 2. The van der Waals surface area contributed by atoms with Crippen molar-refractivity contribution < 1.29 is 9.21 Å². The Hall–Kier alpha value is -0.940. The summed E-state index contributed by atoms with van der Waals surface area (Å²) in [5, 5.41) is 3.12. The van der Waals surface area contributed by atoms with Crippen LogP contribution in [-0.2, 0) is 11.2 Å². The Balaban J connectivity index is 2.10.